The molecule has 1 N–H and O–H groups in total. The van der Waals surface area contributed by atoms with Gasteiger partial charge in [0.15, 0.2) is 11.6 Å². The highest BCUT2D eigenvalue weighted by atomic mass is 19.2. The first-order valence-corrected chi connectivity index (χ1v) is 8.55. The van der Waals surface area contributed by atoms with E-state index in [1.54, 1.807) is 0 Å². The zero-order valence-electron chi connectivity index (χ0n) is 14.6. The lowest BCUT2D eigenvalue weighted by Crippen LogP contribution is -2.24. The molecule has 0 atom stereocenters. The third-order valence-electron chi connectivity index (χ3n) is 4.02. The van der Waals surface area contributed by atoms with Crippen molar-refractivity contribution in [2.24, 2.45) is 0 Å². The van der Waals surface area contributed by atoms with Crippen LogP contribution in [0.1, 0.15) is 27.0 Å². The van der Waals surface area contributed by atoms with Gasteiger partial charge in [0, 0.05) is 6.54 Å². The average molecular weight is 367 g/mol. The number of hydrogen-bond acceptors (Lipinski definition) is 2. The molecule has 0 saturated heterocycles. The van der Waals surface area contributed by atoms with Crippen LogP contribution in [-0.4, -0.2) is 5.91 Å². The molecule has 3 aromatic rings. The van der Waals surface area contributed by atoms with E-state index in [0.717, 1.165) is 22.8 Å². The van der Waals surface area contributed by atoms with Crippen molar-refractivity contribution in [1.82, 2.24) is 5.32 Å². The largest absolute Gasteiger partial charge is 0.372 e. The number of benzene rings is 3. The Labute approximate surface area is 156 Å². The van der Waals surface area contributed by atoms with E-state index in [1.165, 1.54) is 12.1 Å². The molecule has 0 radical (unpaired) electrons. The van der Waals surface area contributed by atoms with E-state index in [2.05, 4.69) is 5.32 Å². The zero-order valence-corrected chi connectivity index (χ0v) is 14.6. The third kappa shape index (κ3) is 5.21. The fraction of sp³-hybridized carbons (Fsp3) is 0.136. The monoisotopic (exact) mass is 367 g/mol. The molecule has 0 unspecified atom stereocenters. The summed E-state index contributed by atoms with van der Waals surface area (Å²) in [7, 11) is 0. The van der Waals surface area contributed by atoms with Crippen molar-refractivity contribution in [3.8, 4) is 0 Å². The van der Waals surface area contributed by atoms with Gasteiger partial charge in [0.25, 0.3) is 5.91 Å². The van der Waals surface area contributed by atoms with Crippen molar-refractivity contribution in [2.45, 2.75) is 19.8 Å². The van der Waals surface area contributed by atoms with Crippen molar-refractivity contribution >= 4 is 5.91 Å². The molecule has 0 aliphatic rings. The van der Waals surface area contributed by atoms with Gasteiger partial charge in [-0.2, -0.15) is 0 Å². The van der Waals surface area contributed by atoms with Crippen LogP contribution in [0.25, 0.3) is 0 Å². The van der Waals surface area contributed by atoms with Crippen LogP contribution in [0.15, 0.2) is 72.8 Å². The number of halogens is 2. The summed E-state index contributed by atoms with van der Waals surface area (Å²) in [5.74, 6) is -2.84. The lowest BCUT2D eigenvalue weighted by molar-refractivity contribution is 0.0945. The van der Waals surface area contributed by atoms with E-state index >= 15 is 0 Å². The lowest BCUT2D eigenvalue weighted by atomic mass is 10.1. The van der Waals surface area contributed by atoms with E-state index in [0.29, 0.717) is 13.2 Å². The van der Waals surface area contributed by atoms with Crippen molar-refractivity contribution in [2.75, 3.05) is 0 Å². The van der Waals surface area contributed by atoms with Crippen LogP contribution in [-0.2, 0) is 24.5 Å². The second-order valence-electron chi connectivity index (χ2n) is 6.08. The minimum absolute atomic E-state index is 0.210. The Morgan fingerprint density at radius 2 is 1.48 bits per heavy atom. The minimum Gasteiger partial charge on any atom is -0.372 e. The quantitative estimate of drug-likeness (QED) is 0.662. The second kappa shape index (κ2) is 9.05. The van der Waals surface area contributed by atoms with Gasteiger partial charge in [0.05, 0.1) is 18.8 Å². The van der Waals surface area contributed by atoms with Crippen LogP contribution in [0.3, 0.4) is 0 Å². The fourth-order valence-corrected chi connectivity index (χ4v) is 2.65. The van der Waals surface area contributed by atoms with Crippen molar-refractivity contribution < 1.29 is 18.3 Å². The summed E-state index contributed by atoms with van der Waals surface area (Å²) in [4.78, 5) is 12.1. The third-order valence-corrected chi connectivity index (χ3v) is 4.02. The molecule has 5 heteroatoms. The Balaban J connectivity index is 1.54. The minimum atomic E-state index is -1.14. The van der Waals surface area contributed by atoms with Gasteiger partial charge in [0.2, 0.25) is 0 Å². The number of carbonyl (C=O) groups excluding carboxylic acids is 1. The van der Waals surface area contributed by atoms with Crippen molar-refractivity contribution in [3.63, 3.8) is 0 Å². The van der Waals surface area contributed by atoms with Gasteiger partial charge in [-0.25, -0.2) is 8.78 Å². The Morgan fingerprint density at radius 1 is 0.815 bits per heavy atom. The summed E-state index contributed by atoms with van der Waals surface area (Å²) in [6, 6.07) is 21.0. The molecular formula is C22H19F2NO2. The normalized spacial score (nSPS) is 10.6. The Kier molecular flexibility index (Phi) is 6.28. The summed E-state index contributed by atoms with van der Waals surface area (Å²) in [5, 5.41) is 2.61. The molecule has 3 aromatic carbocycles. The van der Waals surface area contributed by atoms with Crippen LogP contribution >= 0.6 is 0 Å². The summed E-state index contributed by atoms with van der Waals surface area (Å²) >= 11 is 0. The van der Waals surface area contributed by atoms with Crippen LogP contribution in [0, 0.1) is 11.6 Å². The predicted molar refractivity (Wildman–Crippen MR) is 98.9 cm³/mol. The van der Waals surface area contributed by atoms with Crippen LogP contribution < -0.4 is 5.32 Å². The Morgan fingerprint density at radius 3 is 2.30 bits per heavy atom. The SMILES string of the molecule is O=C(NCc1cccc(COCc2ccccc2)c1)c1cccc(F)c1F. The van der Waals surface area contributed by atoms with Gasteiger partial charge >= 0.3 is 0 Å². The van der Waals surface area contributed by atoms with E-state index in [-0.39, 0.29) is 12.1 Å². The van der Waals surface area contributed by atoms with Gasteiger partial charge in [-0.15, -0.1) is 0 Å². The first-order valence-electron chi connectivity index (χ1n) is 8.55. The predicted octanol–water partition coefficient (Wildman–Crippen LogP) is 4.61. The molecule has 27 heavy (non-hydrogen) atoms. The first kappa shape index (κ1) is 18.7. The maximum absolute atomic E-state index is 13.7. The highest BCUT2D eigenvalue weighted by Gasteiger charge is 2.14. The highest BCUT2D eigenvalue weighted by Crippen LogP contribution is 2.12. The maximum atomic E-state index is 13.7. The van der Waals surface area contributed by atoms with Crippen LogP contribution in [0.4, 0.5) is 8.78 Å². The molecule has 1 amide bonds. The average Bonchev–Trinajstić information content (AvgIpc) is 2.69. The number of rotatable bonds is 7. The topological polar surface area (TPSA) is 38.3 Å². The lowest BCUT2D eigenvalue weighted by Gasteiger charge is -2.09. The van der Waals surface area contributed by atoms with E-state index in [1.807, 2.05) is 54.6 Å². The van der Waals surface area contributed by atoms with E-state index < -0.39 is 17.5 Å². The summed E-state index contributed by atoms with van der Waals surface area (Å²) < 4.78 is 32.6. The fourth-order valence-electron chi connectivity index (χ4n) is 2.65. The molecule has 0 spiro atoms. The highest BCUT2D eigenvalue weighted by molar-refractivity contribution is 5.94. The zero-order chi connectivity index (χ0) is 19.1. The molecule has 138 valence electrons. The molecule has 0 bridgehead atoms. The standard InChI is InChI=1S/C22H19F2NO2/c23-20-11-5-10-19(21(20)24)22(26)25-13-17-8-4-9-18(12-17)15-27-14-16-6-2-1-3-7-16/h1-12H,13-15H2,(H,25,26). The molecule has 0 aliphatic carbocycles. The van der Waals surface area contributed by atoms with Gasteiger partial charge in [0.1, 0.15) is 0 Å². The molecule has 0 saturated carbocycles. The number of hydrogen-bond donors (Lipinski definition) is 1. The summed E-state index contributed by atoms with van der Waals surface area (Å²) in [5.41, 5.74) is 2.60. The van der Waals surface area contributed by atoms with E-state index in [9.17, 15) is 13.6 Å². The summed E-state index contributed by atoms with van der Waals surface area (Å²) in [6.07, 6.45) is 0. The molecule has 3 nitrogen and oxygen atoms in total. The molecule has 0 aliphatic heterocycles. The summed E-state index contributed by atoms with van der Waals surface area (Å²) in [6.45, 7) is 1.16. The Bertz CT molecular complexity index is 913. The van der Waals surface area contributed by atoms with Gasteiger partial charge in [-0.05, 0) is 28.8 Å². The second-order valence-corrected chi connectivity index (χ2v) is 6.08. The molecule has 0 heterocycles. The van der Waals surface area contributed by atoms with Crippen molar-refractivity contribution in [1.29, 1.82) is 0 Å². The van der Waals surface area contributed by atoms with E-state index in [4.69, 9.17) is 4.74 Å². The molecule has 0 aromatic heterocycles. The Hall–Kier alpha value is -3.05. The number of carbonyl (C=O) groups is 1. The van der Waals surface area contributed by atoms with Gasteiger partial charge in [-0.1, -0.05) is 60.7 Å². The maximum Gasteiger partial charge on any atom is 0.254 e. The molecular weight excluding hydrogens is 348 g/mol. The smallest absolute Gasteiger partial charge is 0.254 e. The number of nitrogens with one attached hydrogen (secondary N) is 1. The van der Waals surface area contributed by atoms with Crippen molar-refractivity contribution in [3.05, 3.63) is 107 Å². The molecule has 0 fully saturated rings. The van der Waals surface area contributed by atoms with Crippen LogP contribution in [0.2, 0.25) is 0 Å². The van der Waals surface area contributed by atoms with Crippen LogP contribution in [0.5, 0.6) is 0 Å². The van der Waals surface area contributed by atoms with Gasteiger partial charge in [-0.3, -0.25) is 4.79 Å². The van der Waals surface area contributed by atoms with Gasteiger partial charge < -0.3 is 10.1 Å². The number of ether oxygens (including phenoxy) is 1. The molecule has 3 rings (SSSR count). The number of amides is 1. The first-order chi connectivity index (χ1) is 13.1.